The highest BCUT2D eigenvalue weighted by Crippen LogP contribution is 2.23. The van der Waals surface area contributed by atoms with E-state index >= 15 is 0 Å². The normalized spacial score (nSPS) is 18.4. The predicted octanol–water partition coefficient (Wildman–Crippen LogP) is 2.08. The lowest BCUT2D eigenvalue weighted by Gasteiger charge is -2.35. The number of aliphatic imine (C=N–C) groups is 1. The fourth-order valence-electron chi connectivity index (χ4n) is 3.68. The van der Waals surface area contributed by atoms with Crippen molar-refractivity contribution in [1.29, 1.82) is 0 Å². The maximum Gasteiger partial charge on any atom is 0.217 e. The number of hydrogen-bond donors (Lipinski definition) is 2. The summed E-state index contributed by atoms with van der Waals surface area (Å²) in [6.07, 6.45) is 2.53. The van der Waals surface area contributed by atoms with E-state index in [1.165, 1.54) is 5.56 Å². The molecule has 28 heavy (non-hydrogen) atoms. The Balaban J connectivity index is 0.00000392. The Hall–Kier alpha value is -1.55. The van der Waals surface area contributed by atoms with Crippen molar-refractivity contribution in [2.75, 3.05) is 47.9 Å². The van der Waals surface area contributed by atoms with Crippen LogP contribution in [-0.4, -0.2) is 69.6 Å². The molecule has 0 saturated carbocycles. The van der Waals surface area contributed by atoms with Gasteiger partial charge in [0.25, 0.3) is 0 Å². The number of likely N-dealkylation sites (tertiary alicyclic amines) is 1. The van der Waals surface area contributed by atoms with Crippen molar-refractivity contribution in [3.05, 3.63) is 29.8 Å². The quantitative estimate of drug-likeness (QED) is 0.338. The summed E-state index contributed by atoms with van der Waals surface area (Å²) in [5, 5.41) is 3.51. The van der Waals surface area contributed by atoms with Crippen LogP contribution in [0.15, 0.2) is 29.3 Å². The number of rotatable bonds is 7. The molecule has 1 aromatic rings. The van der Waals surface area contributed by atoms with Crippen molar-refractivity contribution < 1.29 is 9.53 Å². The molecule has 1 heterocycles. The first-order valence-electron chi connectivity index (χ1n) is 9.48. The number of benzene rings is 1. The number of amides is 1. The van der Waals surface area contributed by atoms with Crippen LogP contribution in [0.4, 0.5) is 0 Å². The Labute approximate surface area is 185 Å². The number of piperidine rings is 1. The molecule has 0 spiro atoms. The molecule has 0 aromatic heterocycles. The molecule has 2 atom stereocenters. The Kier molecular flexibility index (Phi) is 10.6. The average Bonchev–Trinajstić information content (AvgIpc) is 2.64. The lowest BCUT2D eigenvalue weighted by atomic mass is 9.95. The minimum atomic E-state index is -0.226. The third kappa shape index (κ3) is 7.12. The smallest absolute Gasteiger partial charge is 0.217 e. The molecular formula is C20H34IN5O2. The Morgan fingerprint density at radius 1 is 1.46 bits per heavy atom. The Morgan fingerprint density at radius 2 is 2.21 bits per heavy atom. The van der Waals surface area contributed by atoms with Gasteiger partial charge >= 0.3 is 0 Å². The van der Waals surface area contributed by atoms with Crippen LogP contribution in [-0.2, 0) is 4.79 Å². The number of nitrogens with zero attached hydrogens (tertiary/aromatic N) is 3. The SMILES string of the molecule is CN=C(NCC(c1cccc(OC)c1)N(C)C)N1CCCC(CC(N)=O)C1.I. The lowest BCUT2D eigenvalue weighted by Crippen LogP contribution is -2.48. The first kappa shape index (κ1) is 24.5. The summed E-state index contributed by atoms with van der Waals surface area (Å²) < 4.78 is 5.36. The number of nitrogens with two attached hydrogens (primary N) is 1. The summed E-state index contributed by atoms with van der Waals surface area (Å²) in [5.74, 6) is 1.81. The summed E-state index contributed by atoms with van der Waals surface area (Å²) in [4.78, 5) is 20.1. The van der Waals surface area contributed by atoms with Crippen LogP contribution in [0.2, 0.25) is 0 Å². The zero-order valence-electron chi connectivity index (χ0n) is 17.4. The van der Waals surface area contributed by atoms with Crippen molar-refractivity contribution >= 4 is 35.8 Å². The topological polar surface area (TPSA) is 83.2 Å². The fraction of sp³-hybridized carbons (Fsp3) is 0.600. The number of carbonyl (C=O) groups is 1. The summed E-state index contributed by atoms with van der Waals surface area (Å²) >= 11 is 0. The van der Waals surface area contributed by atoms with Crippen LogP contribution in [0, 0.1) is 5.92 Å². The first-order chi connectivity index (χ1) is 12.9. The van der Waals surface area contributed by atoms with E-state index in [4.69, 9.17) is 10.5 Å². The van der Waals surface area contributed by atoms with Crippen LogP contribution in [0.5, 0.6) is 5.75 Å². The molecule has 0 bridgehead atoms. The van der Waals surface area contributed by atoms with Gasteiger partial charge in [0.05, 0.1) is 13.2 Å². The minimum absolute atomic E-state index is 0. The number of halogens is 1. The van der Waals surface area contributed by atoms with Crippen LogP contribution in [0.1, 0.15) is 30.9 Å². The second-order valence-corrected chi connectivity index (χ2v) is 7.31. The van der Waals surface area contributed by atoms with Crippen molar-refractivity contribution in [3.63, 3.8) is 0 Å². The van der Waals surface area contributed by atoms with Gasteiger partial charge in [-0.1, -0.05) is 12.1 Å². The van der Waals surface area contributed by atoms with Gasteiger partial charge in [-0.25, -0.2) is 0 Å². The molecule has 0 aliphatic carbocycles. The van der Waals surface area contributed by atoms with Crippen LogP contribution in [0.3, 0.4) is 0 Å². The largest absolute Gasteiger partial charge is 0.497 e. The summed E-state index contributed by atoms with van der Waals surface area (Å²) in [7, 11) is 7.62. The zero-order valence-corrected chi connectivity index (χ0v) is 19.7. The average molecular weight is 503 g/mol. The molecule has 1 aliphatic heterocycles. The van der Waals surface area contributed by atoms with Gasteiger partial charge in [-0.3, -0.25) is 9.79 Å². The Bertz CT molecular complexity index is 653. The second-order valence-electron chi connectivity index (χ2n) is 7.31. The molecule has 1 fully saturated rings. The predicted molar refractivity (Wildman–Crippen MR) is 124 cm³/mol. The molecule has 7 nitrogen and oxygen atoms in total. The van der Waals surface area contributed by atoms with Gasteiger partial charge in [0, 0.05) is 33.1 Å². The number of primary amides is 1. The molecule has 1 saturated heterocycles. The minimum Gasteiger partial charge on any atom is -0.497 e. The fourth-order valence-corrected chi connectivity index (χ4v) is 3.68. The van der Waals surface area contributed by atoms with Crippen LogP contribution >= 0.6 is 24.0 Å². The van der Waals surface area contributed by atoms with E-state index in [0.29, 0.717) is 12.3 Å². The highest BCUT2D eigenvalue weighted by molar-refractivity contribution is 14.0. The summed E-state index contributed by atoms with van der Waals surface area (Å²) in [6.45, 7) is 2.49. The number of methoxy groups -OCH3 is 1. The number of carbonyl (C=O) groups excluding carboxylic acids is 1. The van der Waals surface area contributed by atoms with E-state index in [9.17, 15) is 4.79 Å². The van der Waals surface area contributed by atoms with Crippen molar-refractivity contribution in [2.24, 2.45) is 16.6 Å². The molecule has 3 N–H and O–H groups in total. The number of likely N-dealkylation sites (N-methyl/N-ethyl adjacent to an activating group) is 1. The monoisotopic (exact) mass is 503 g/mol. The molecule has 2 rings (SSSR count). The number of ether oxygens (including phenoxy) is 1. The van der Waals surface area contributed by atoms with Crippen molar-refractivity contribution in [2.45, 2.75) is 25.3 Å². The van der Waals surface area contributed by atoms with E-state index in [2.05, 4.69) is 46.3 Å². The van der Waals surface area contributed by atoms with E-state index in [0.717, 1.165) is 44.2 Å². The van der Waals surface area contributed by atoms with Gasteiger partial charge < -0.3 is 25.6 Å². The van der Waals surface area contributed by atoms with Crippen LogP contribution in [0.25, 0.3) is 0 Å². The number of guanidine groups is 1. The summed E-state index contributed by atoms with van der Waals surface area (Å²) in [6, 6.07) is 8.33. The Morgan fingerprint density at radius 3 is 2.82 bits per heavy atom. The molecule has 1 aliphatic rings. The third-order valence-corrected chi connectivity index (χ3v) is 5.08. The zero-order chi connectivity index (χ0) is 19.8. The van der Waals surface area contributed by atoms with Gasteiger partial charge in [0.2, 0.25) is 5.91 Å². The third-order valence-electron chi connectivity index (χ3n) is 5.08. The molecule has 1 amide bonds. The molecular weight excluding hydrogens is 469 g/mol. The number of hydrogen-bond acceptors (Lipinski definition) is 4. The van der Waals surface area contributed by atoms with Gasteiger partial charge in [-0.15, -0.1) is 24.0 Å². The standard InChI is InChI=1S/C20H33N5O2.HI/c1-22-20(25-10-6-7-15(14-25)11-19(21)26)23-13-18(24(2)3)16-8-5-9-17(12-16)27-4;/h5,8-9,12,15,18H,6-7,10-11,13-14H2,1-4H3,(H2,21,26)(H,22,23);1H. The van der Waals surface area contributed by atoms with Crippen molar-refractivity contribution in [1.82, 2.24) is 15.1 Å². The van der Waals surface area contributed by atoms with E-state index in [-0.39, 0.29) is 35.9 Å². The second kappa shape index (κ2) is 12.1. The maximum atomic E-state index is 11.3. The van der Waals surface area contributed by atoms with E-state index in [1.54, 1.807) is 14.2 Å². The lowest BCUT2D eigenvalue weighted by molar-refractivity contribution is -0.119. The highest BCUT2D eigenvalue weighted by atomic mass is 127. The molecule has 158 valence electrons. The first-order valence-corrected chi connectivity index (χ1v) is 9.48. The van der Waals surface area contributed by atoms with E-state index in [1.807, 2.05) is 12.1 Å². The van der Waals surface area contributed by atoms with Gasteiger partial charge in [0.1, 0.15) is 5.75 Å². The van der Waals surface area contributed by atoms with E-state index < -0.39 is 0 Å². The highest BCUT2D eigenvalue weighted by Gasteiger charge is 2.24. The maximum absolute atomic E-state index is 11.3. The summed E-state index contributed by atoms with van der Waals surface area (Å²) in [5.41, 5.74) is 6.57. The van der Waals surface area contributed by atoms with Crippen molar-refractivity contribution in [3.8, 4) is 5.75 Å². The molecule has 0 radical (unpaired) electrons. The molecule has 8 heteroatoms. The van der Waals surface area contributed by atoms with Gasteiger partial charge in [-0.05, 0) is 50.6 Å². The number of nitrogens with one attached hydrogen (secondary N) is 1. The molecule has 1 aromatic carbocycles. The molecule has 2 unspecified atom stereocenters. The van der Waals surface area contributed by atoms with Crippen LogP contribution < -0.4 is 15.8 Å². The van der Waals surface area contributed by atoms with Gasteiger partial charge in [-0.2, -0.15) is 0 Å². The van der Waals surface area contributed by atoms with Gasteiger partial charge in [0.15, 0.2) is 5.96 Å².